The second kappa shape index (κ2) is 5.76. The van der Waals surface area contributed by atoms with Crippen molar-refractivity contribution in [2.24, 2.45) is 0 Å². The number of anilines is 1. The molecular weight excluding hydrogens is 296 g/mol. The highest BCUT2D eigenvalue weighted by Gasteiger charge is 2.23. The number of aromatic nitrogens is 2. The van der Waals surface area contributed by atoms with Crippen LogP contribution in [0, 0.1) is 0 Å². The van der Waals surface area contributed by atoms with Crippen LogP contribution < -0.4 is 4.90 Å². The van der Waals surface area contributed by atoms with Crippen LogP contribution in [0.4, 0.5) is 5.13 Å². The SMILES string of the molecule is O=C(c1cc(Cl)ccn1)N1CCN(c2nccs2)CC1. The van der Waals surface area contributed by atoms with Crippen molar-refractivity contribution in [3.8, 4) is 0 Å². The zero-order chi connectivity index (χ0) is 13.9. The molecule has 1 aliphatic rings. The van der Waals surface area contributed by atoms with Crippen LogP contribution in [-0.2, 0) is 0 Å². The average molecular weight is 309 g/mol. The monoisotopic (exact) mass is 308 g/mol. The molecule has 0 atom stereocenters. The van der Waals surface area contributed by atoms with Gasteiger partial charge in [0, 0.05) is 49.0 Å². The summed E-state index contributed by atoms with van der Waals surface area (Å²) in [5, 5.41) is 3.51. The van der Waals surface area contributed by atoms with Crippen LogP contribution in [0.1, 0.15) is 10.5 Å². The highest BCUT2D eigenvalue weighted by atomic mass is 35.5. The minimum atomic E-state index is -0.0636. The highest BCUT2D eigenvalue weighted by Crippen LogP contribution is 2.19. The average Bonchev–Trinajstić information content (AvgIpc) is 3.01. The Bertz CT molecular complexity index is 596. The van der Waals surface area contributed by atoms with Crippen molar-refractivity contribution in [1.29, 1.82) is 0 Å². The fourth-order valence-corrected chi connectivity index (χ4v) is 3.01. The first-order chi connectivity index (χ1) is 9.74. The summed E-state index contributed by atoms with van der Waals surface area (Å²) in [6.07, 6.45) is 3.36. The molecule has 7 heteroatoms. The van der Waals surface area contributed by atoms with E-state index < -0.39 is 0 Å². The lowest BCUT2D eigenvalue weighted by atomic mass is 10.2. The Labute approximate surface area is 125 Å². The normalized spacial score (nSPS) is 15.4. The van der Waals surface area contributed by atoms with E-state index in [1.54, 1.807) is 35.9 Å². The second-order valence-corrected chi connectivity index (χ2v) is 5.76. The van der Waals surface area contributed by atoms with E-state index in [-0.39, 0.29) is 5.91 Å². The van der Waals surface area contributed by atoms with E-state index in [0.717, 1.165) is 18.2 Å². The molecule has 3 rings (SSSR count). The van der Waals surface area contributed by atoms with Crippen LogP contribution in [-0.4, -0.2) is 47.0 Å². The molecule has 2 aromatic rings. The van der Waals surface area contributed by atoms with Crippen molar-refractivity contribution in [2.45, 2.75) is 0 Å². The van der Waals surface area contributed by atoms with Gasteiger partial charge < -0.3 is 9.80 Å². The fourth-order valence-electron chi connectivity index (χ4n) is 2.16. The number of amides is 1. The first-order valence-corrected chi connectivity index (χ1v) is 7.55. The largest absolute Gasteiger partial charge is 0.345 e. The lowest BCUT2D eigenvalue weighted by molar-refractivity contribution is 0.0741. The van der Waals surface area contributed by atoms with Crippen molar-refractivity contribution in [1.82, 2.24) is 14.9 Å². The van der Waals surface area contributed by atoms with Crippen molar-refractivity contribution in [3.05, 3.63) is 40.6 Å². The summed E-state index contributed by atoms with van der Waals surface area (Å²) in [7, 11) is 0. The number of piperazine rings is 1. The molecule has 1 fully saturated rings. The maximum atomic E-state index is 12.3. The number of thiazole rings is 1. The predicted molar refractivity (Wildman–Crippen MR) is 79.5 cm³/mol. The first kappa shape index (κ1) is 13.3. The number of pyridine rings is 1. The number of hydrogen-bond donors (Lipinski definition) is 0. The molecule has 0 aromatic carbocycles. The number of halogens is 1. The summed E-state index contributed by atoms with van der Waals surface area (Å²) in [5.41, 5.74) is 0.403. The maximum Gasteiger partial charge on any atom is 0.272 e. The third kappa shape index (κ3) is 2.76. The Morgan fingerprint density at radius 3 is 2.65 bits per heavy atom. The zero-order valence-electron chi connectivity index (χ0n) is 10.7. The molecular formula is C13H13ClN4OS. The van der Waals surface area contributed by atoms with Gasteiger partial charge >= 0.3 is 0 Å². The molecule has 0 bridgehead atoms. The van der Waals surface area contributed by atoms with Gasteiger partial charge in [-0.2, -0.15) is 0 Å². The number of carbonyl (C=O) groups excluding carboxylic acids is 1. The summed E-state index contributed by atoms with van der Waals surface area (Å²) < 4.78 is 0. The number of carbonyl (C=O) groups is 1. The number of rotatable bonds is 2. The zero-order valence-corrected chi connectivity index (χ0v) is 12.3. The van der Waals surface area contributed by atoms with Gasteiger partial charge in [-0.25, -0.2) is 4.98 Å². The third-order valence-corrected chi connectivity index (χ3v) is 4.27. The molecule has 0 spiro atoms. The Balaban J connectivity index is 1.65. The number of hydrogen-bond acceptors (Lipinski definition) is 5. The molecule has 1 aliphatic heterocycles. The van der Waals surface area contributed by atoms with Crippen molar-refractivity contribution in [2.75, 3.05) is 31.1 Å². The van der Waals surface area contributed by atoms with Gasteiger partial charge in [-0.15, -0.1) is 11.3 Å². The quantitative estimate of drug-likeness (QED) is 0.853. The van der Waals surface area contributed by atoms with Gasteiger partial charge in [0.2, 0.25) is 0 Å². The van der Waals surface area contributed by atoms with Crippen LogP contribution in [0.2, 0.25) is 5.02 Å². The molecule has 0 N–H and O–H groups in total. The van der Waals surface area contributed by atoms with Gasteiger partial charge in [-0.3, -0.25) is 9.78 Å². The fraction of sp³-hybridized carbons (Fsp3) is 0.308. The van der Waals surface area contributed by atoms with Crippen LogP contribution in [0.15, 0.2) is 29.9 Å². The Kier molecular flexibility index (Phi) is 3.84. The summed E-state index contributed by atoms with van der Waals surface area (Å²) in [6.45, 7) is 2.93. The van der Waals surface area contributed by atoms with Crippen LogP contribution in [0.25, 0.3) is 0 Å². The van der Waals surface area contributed by atoms with Gasteiger partial charge in [0.15, 0.2) is 5.13 Å². The van der Waals surface area contributed by atoms with Crippen molar-refractivity contribution < 1.29 is 4.79 Å². The molecule has 1 amide bonds. The molecule has 0 aliphatic carbocycles. The molecule has 0 radical (unpaired) electrons. The Morgan fingerprint density at radius 1 is 1.20 bits per heavy atom. The first-order valence-electron chi connectivity index (χ1n) is 6.29. The summed E-state index contributed by atoms with van der Waals surface area (Å²) in [5.74, 6) is -0.0636. The Morgan fingerprint density at radius 2 is 2.00 bits per heavy atom. The van der Waals surface area contributed by atoms with E-state index in [4.69, 9.17) is 11.6 Å². The van der Waals surface area contributed by atoms with Gasteiger partial charge in [0.05, 0.1) is 0 Å². The van der Waals surface area contributed by atoms with Gasteiger partial charge in [-0.05, 0) is 12.1 Å². The molecule has 2 aromatic heterocycles. The van der Waals surface area contributed by atoms with E-state index in [1.807, 2.05) is 10.3 Å². The van der Waals surface area contributed by atoms with E-state index in [9.17, 15) is 4.79 Å². The Hall–Kier alpha value is -1.66. The molecule has 104 valence electrons. The lowest BCUT2D eigenvalue weighted by Gasteiger charge is -2.34. The van der Waals surface area contributed by atoms with E-state index in [1.165, 1.54) is 0 Å². The van der Waals surface area contributed by atoms with Crippen molar-refractivity contribution in [3.63, 3.8) is 0 Å². The van der Waals surface area contributed by atoms with Crippen LogP contribution in [0.5, 0.6) is 0 Å². The summed E-state index contributed by atoms with van der Waals surface area (Å²) in [6, 6.07) is 3.27. The second-order valence-electron chi connectivity index (χ2n) is 4.45. The standard InChI is InChI=1S/C13H13ClN4OS/c14-10-1-2-15-11(9-10)12(19)17-4-6-18(7-5-17)13-16-3-8-20-13/h1-3,8-9H,4-7H2. The summed E-state index contributed by atoms with van der Waals surface area (Å²) in [4.78, 5) is 24.7. The van der Waals surface area contributed by atoms with Crippen LogP contribution >= 0.6 is 22.9 Å². The maximum absolute atomic E-state index is 12.3. The smallest absolute Gasteiger partial charge is 0.272 e. The minimum absolute atomic E-state index is 0.0636. The lowest BCUT2D eigenvalue weighted by Crippen LogP contribution is -2.49. The molecule has 0 saturated carbocycles. The molecule has 5 nitrogen and oxygen atoms in total. The van der Waals surface area contributed by atoms with Gasteiger partial charge in [-0.1, -0.05) is 11.6 Å². The van der Waals surface area contributed by atoms with E-state index >= 15 is 0 Å². The third-order valence-electron chi connectivity index (χ3n) is 3.20. The molecule has 0 unspecified atom stereocenters. The van der Waals surface area contributed by atoms with Crippen LogP contribution in [0.3, 0.4) is 0 Å². The molecule has 1 saturated heterocycles. The predicted octanol–water partition coefficient (Wildman–Crippen LogP) is 2.15. The molecule has 3 heterocycles. The van der Waals surface area contributed by atoms with Gasteiger partial charge in [0.1, 0.15) is 5.69 Å². The topological polar surface area (TPSA) is 49.3 Å². The summed E-state index contributed by atoms with van der Waals surface area (Å²) >= 11 is 7.51. The highest BCUT2D eigenvalue weighted by molar-refractivity contribution is 7.13. The van der Waals surface area contributed by atoms with Crippen molar-refractivity contribution >= 4 is 34.0 Å². The van der Waals surface area contributed by atoms with Gasteiger partial charge in [0.25, 0.3) is 5.91 Å². The minimum Gasteiger partial charge on any atom is -0.345 e. The van der Waals surface area contributed by atoms with E-state index in [0.29, 0.717) is 23.8 Å². The van der Waals surface area contributed by atoms with E-state index in [2.05, 4.69) is 14.9 Å². The number of nitrogens with zero attached hydrogens (tertiary/aromatic N) is 4. The molecule has 20 heavy (non-hydrogen) atoms.